The van der Waals surface area contributed by atoms with E-state index in [9.17, 15) is 22.0 Å². The van der Waals surface area contributed by atoms with Crippen LogP contribution in [0.15, 0.2) is 43.2 Å². The van der Waals surface area contributed by atoms with Crippen molar-refractivity contribution in [2.45, 2.75) is 31.2 Å². The van der Waals surface area contributed by atoms with Crippen LogP contribution in [-0.2, 0) is 6.54 Å². The minimum Gasteiger partial charge on any atom is -0.383 e. The molecule has 4 aromatic rings. The van der Waals surface area contributed by atoms with Gasteiger partial charge in [0.1, 0.15) is 17.3 Å². The molecule has 0 spiro atoms. The molecule has 2 N–H and O–H groups in total. The van der Waals surface area contributed by atoms with Gasteiger partial charge in [0.2, 0.25) is 0 Å². The Morgan fingerprint density at radius 2 is 1.88 bits per heavy atom. The summed E-state index contributed by atoms with van der Waals surface area (Å²) in [6.45, 7) is 2.47. The molecule has 4 aromatic heterocycles. The van der Waals surface area contributed by atoms with E-state index in [2.05, 4.69) is 31.6 Å². The molecule has 4 rings (SSSR count). The number of fused-ring (bicyclic) bond motifs is 2. The Bertz CT molecular complexity index is 1320. The quantitative estimate of drug-likeness (QED) is 0.332. The van der Waals surface area contributed by atoms with Crippen LogP contribution in [0.25, 0.3) is 33.6 Å². The Balaban J connectivity index is 1.78. The van der Waals surface area contributed by atoms with Crippen molar-refractivity contribution in [2.75, 3.05) is 5.73 Å². The number of nitrogens with zero attached hydrogens (tertiary/aromatic N) is 6. The van der Waals surface area contributed by atoms with Crippen LogP contribution >= 0.6 is 0 Å². The predicted molar refractivity (Wildman–Crippen MR) is 108 cm³/mol. The molecule has 0 bridgehead atoms. The lowest BCUT2D eigenvalue weighted by atomic mass is 10.1. The van der Waals surface area contributed by atoms with Gasteiger partial charge in [-0.15, -0.1) is 6.58 Å². The Labute approximate surface area is 177 Å². The van der Waals surface area contributed by atoms with E-state index in [0.717, 1.165) is 23.0 Å². The third-order valence-corrected chi connectivity index (χ3v) is 4.84. The lowest BCUT2D eigenvalue weighted by Crippen LogP contribution is -2.40. The fourth-order valence-corrected chi connectivity index (χ4v) is 3.21. The summed E-state index contributed by atoms with van der Waals surface area (Å²) in [6.07, 6.45) is 0.681. The van der Waals surface area contributed by atoms with Crippen LogP contribution in [-0.4, -0.2) is 41.6 Å². The maximum atomic E-state index is 14.1. The van der Waals surface area contributed by atoms with Gasteiger partial charge in [0.15, 0.2) is 17.1 Å². The largest absolute Gasteiger partial charge is 0.383 e. The predicted octanol–water partition coefficient (Wildman–Crippen LogP) is 4.39. The topological polar surface area (TPSA) is 95.4 Å². The zero-order valence-corrected chi connectivity index (χ0v) is 16.4. The van der Waals surface area contributed by atoms with Crippen LogP contribution in [0.4, 0.5) is 27.8 Å². The number of nitrogens with two attached hydrogens (primary N) is 1. The average molecular weight is 449 g/mol. The van der Waals surface area contributed by atoms with Crippen molar-refractivity contribution in [3.63, 3.8) is 0 Å². The second-order valence-corrected chi connectivity index (χ2v) is 7.06. The molecular formula is C20H16F5N7. The normalized spacial score (nSPS) is 12.5. The summed E-state index contributed by atoms with van der Waals surface area (Å²) < 4.78 is 70.7. The first-order valence-corrected chi connectivity index (χ1v) is 9.40. The molecule has 0 saturated heterocycles. The Morgan fingerprint density at radius 1 is 1.09 bits per heavy atom. The summed E-state index contributed by atoms with van der Waals surface area (Å²) in [4.78, 5) is 16.4. The van der Waals surface area contributed by atoms with Crippen molar-refractivity contribution in [3.05, 3.63) is 49.1 Å². The lowest BCUT2D eigenvalue weighted by molar-refractivity contribution is -0.210. The number of pyridine rings is 2. The van der Waals surface area contributed by atoms with Gasteiger partial charge >= 0.3 is 11.8 Å². The highest BCUT2D eigenvalue weighted by molar-refractivity contribution is 5.92. The van der Waals surface area contributed by atoms with Crippen molar-refractivity contribution in [1.29, 1.82) is 0 Å². The third-order valence-electron chi connectivity index (χ3n) is 4.84. The van der Waals surface area contributed by atoms with Gasteiger partial charge in [-0.1, -0.05) is 6.08 Å². The molecule has 0 saturated carbocycles. The van der Waals surface area contributed by atoms with Crippen LogP contribution in [0.5, 0.6) is 0 Å². The van der Waals surface area contributed by atoms with Gasteiger partial charge in [-0.25, -0.2) is 29.0 Å². The van der Waals surface area contributed by atoms with Crippen molar-refractivity contribution < 1.29 is 22.0 Å². The van der Waals surface area contributed by atoms with Crippen molar-refractivity contribution in [3.8, 4) is 11.5 Å². The van der Waals surface area contributed by atoms with Crippen LogP contribution in [0.1, 0.15) is 12.8 Å². The van der Waals surface area contributed by atoms with Crippen LogP contribution in [0, 0.1) is 5.82 Å². The zero-order valence-electron chi connectivity index (χ0n) is 16.4. The fraction of sp³-hybridized carbons (Fsp3) is 0.250. The van der Waals surface area contributed by atoms with E-state index in [1.807, 2.05) is 0 Å². The van der Waals surface area contributed by atoms with Crippen LogP contribution in [0.3, 0.4) is 0 Å². The summed E-state index contributed by atoms with van der Waals surface area (Å²) >= 11 is 0. The van der Waals surface area contributed by atoms with Crippen molar-refractivity contribution in [1.82, 2.24) is 29.7 Å². The molecule has 0 radical (unpaired) electrons. The minimum absolute atomic E-state index is 0.00687. The molecule has 0 aliphatic carbocycles. The van der Waals surface area contributed by atoms with E-state index in [0.29, 0.717) is 5.39 Å². The number of alkyl halides is 4. The number of rotatable bonds is 7. The molecule has 12 heteroatoms. The summed E-state index contributed by atoms with van der Waals surface area (Å²) in [5.74, 6) is -9.27. The number of hydrogen-bond donors (Lipinski definition) is 1. The van der Waals surface area contributed by atoms with E-state index in [1.54, 1.807) is 12.1 Å². The van der Waals surface area contributed by atoms with Gasteiger partial charge in [0.05, 0.1) is 17.0 Å². The minimum atomic E-state index is -4.33. The number of aryl methyl sites for hydroxylation is 1. The summed E-state index contributed by atoms with van der Waals surface area (Å²) in [7, 11) is 0. The maximum absolute atomic E-state index is 14.1. The lowest BCUT2D eigenvalue weighted by Gasteiger charge is -2.25. The van der Waals surface area contributed by atoms with E-state index in [1.165, 1.54) is 6.20 Å². The summed E-state index contributed by atoms with van der Waals surface area (Å²) in [5.41, 5.74) is 6.22. The standard InChI is InChI=1S/C20H16F5N7/c1-2-5-19(22,23)20(24,25)6-8-32-18-13(9-11(21)10-28-18)14(31-32)17-29-15(26)12-4-3-7-27-16(12)30-17/h2-4,7,9-10H,1,5-6,8H2,(H2,26,27,29,30). The molecule has 0 atom stereocenters. The first kappa shape index (κ1) is 21.5. The zero-order chi connectivity index (χ0) is 23.1. The number of halogens is 5. The Kier molecular flexibility index (Phi) is 5.23. The summed E-state index contributed by atoms with van der Waals surface area (Å²) in [6, 6.07) is 4.38. The van der Waals surface area contributed by atoms with Gasteiger partial charge < -0.3 is 5.73 Å². The highest BCUT2D eigenvalue weighted by Gasteiger charge is 2.54. The van der Waals surface area contributed by atoms with Gasteiger partial charge in [0.25, 0.3) is 0 Å². The first-order chi connectivity index (χ1) is 15.1. The molecule has 4 heterocycles. The Hall–Kier alpha value is -3.70. The first-order valence-electron chi connectivity index (χ1n) is 9.40. The molecule has 0 unspecified atom stereocenters. The molecular weight excluding hydrogens is 433 g/mol. The second-order valence-electron chi connectivity index (χ2n) is 7.06. The SMILES string of the molecule is C=CCC(F)(F)C(F)(F)CCn1nc(-c2nc(N)c3cccnc3n2)c2cc(F)cnc21. The number of aromatic nitrogens is 6. The average Bonchev–Trinajstić information content (AvgIpc) is 3.10. The molecule has 7 nitrogen and oxygen atoms in total. The monoisotopic (exact) mass is 449 g/mol. The number of anilines is 1. The third kappa shape index (κ3) is 3.72. The number of nitrogen functional groups attached to an aromatic ring is 1. The molecule has 0 amide bonds. The molecule has 0 aromatic carbocycles. The van der Waals surface area contributed by atoms with Crippen LogP contribution in [0.2, 0.25) is 0 Å². The van der Waals surface area contributed by atoms with E-state index >= 15 is 0 Å². The Morgan fingerprint density at radius 3 is 2.62 bits per heavy atom. The number of hydrogen-bond acceptors (Lipinski definition) is 6. The van der Waals surface area contributed by atoms with E-state index in [4.69, 9.17) is 5.73 Å². The van der Waals surface area contributed by atoms with E-state index < -0.39 is 37.0 Å². The van der Waals surface area contributed by atoms with Crippen molar-refractivity contribution in [2.24, 2.45) is 0 Å². The van der Waals surface area contributed by atoms with E-state index in [-0.39, 0.29) is 34.0 Å². The highest BCUT2D eigenvalue weighted by atomic mass is 19.3. The van der Waals surface area contributed by atoms with Crippen LogP contribution < -0.4 is 5.73 Å². The van der Waals surface area contributed by atoms with Gasteiger partial charge in [0, 0.05) is 25.6 Å². The molecule has 0 aliphatic heterocycles. The van der Waals surface area contributed by atoms with Gasteiger partial charge in [-0.3, -0.25) is 0 Å². The molecule has 32 heavy (non-hydrogen) atoms. The maximum Gasteiger partial charge on any atom is 0.313 e. The molecule has 0 aliphatic rings. The molecule has 166 valence electrons. The highest BCUT2D eigenvalue weighted by Crippen LogP contribution is 2.40. The van der Waals surface area contributed by atoms with Gasteiger partial charge in [-0.05, 0) is 18.2 Å². The van der Waals surface area contributed by atoms with Gasteiger partial charge in [-0.2, -0.15) is 22.7 Å². The fourth-order valence-electron chi connectivity index (χ4n) is 3.21. The molecule has 0 fully saturated rings. The number of allylic oxidation sites excluding steroid dienone is 1. The van der Waals surface area contributed by atoms with Crippen molar-refractivity contribution >= 4 is 27.9 Å². The summed E-state index contributed by atoms with van der Waals surface area (Å²) in [5, 5.41) is 4.75. The second kappa shape index (κ2) is 7.77. The smallest absolute Gasteiger partial charge is 0.313 e.